The van der Waals surface area contributed by atoms with Gasteiger partial charge in [0.15, 0.2) is 12.2 Å². The van der Waals surface area contributed by atoms with Gasteiger partial charge >= 0.3 is 39.5 Å². The van der Waals surface area contributed by atoms with E-state index in [1.807, 2.05) is 0 Å². The van der Waals surface area contributed by atoms with E-state index in [1.165, 1.54) is 167 Å². The molecule has 0 fully saturated rings. The van der Waals surface area contributed by atoms with Gasteiger partial charge < -0.3 is 33.8 Å². The van der Waals surface area contributed by atoms with Gasteiger partial charge in [0.25, 0.3) is 0 Å². The van der Waals surface area contributed by atoms with Crippen molar-refractivity contribution in [2.45, 2.75) is 381 Å². The minimum atomic E-state index is -4.95. The molecule has 6 atom stereocenters. The second-order valence-electron chi connectivity index (χ2n) is 27.2. The Balaban J connectivity index is 5.22. The number of unbranched alkanes of at least 4 members (excludes halogenated alkanes) is 37. The van der Waals surface area contributed by atoms with Gasteiger partial charge in [-0.15, -0.1) is 0 Å². The Labute approximate surface area is 556 Å². The summed E-state index contributed by atoms with van der Waals surface area (Å²) in [6.07, 6.45) is 47.3. The second kappa shape index (κ2) is 62.8. The lowest BCUT2D eigenvalue weighted by atomic mass is 9.99. The normalized spacial score (nSPS) is 14.5. The zero-order valence-electron chi connectivity index (χ0n) is 59.3. The van der Waals surface area contributed by atoms with Crippen LogP contribution in [-0.4, -0.2) is 96.7 Å². The summed E-state index contributed by atoms with van der Waals surface area (Å²) in [6.45, 7) is 11.8. The van der Waals surface area contributed by atoms with Crippen molar-refractivity contribution in [2.24, 2.45) is 17.8 Å². The first-order valence-corrected chi connectivity index (χ1v) is 40.4. The molecule has 0 aliphatic heterocycles. The van der Waals surface area contributed by atoms with Crippen LogP contribution in [-0.2, 0) is 65.4 Å². The minimum Gasteiger partial charge on any atom is -0.462 e. The number of carbonyl (C=O) groups is 4. The fraction of sp³-hybridized carbons (Fsp3) is 0.944. The second-order valence-corrected chi connectivity index (χ2v) is 30.1. The SMILES string of the molecule is CCCCCCCCCCCCC(=O)O[C@H](COC(=O)CCCCCCCCC(C)C)COP(=O)(O)OC[C@H](O)COP(=O)(O)OC[C@@H](COC(=O)CCCCCCCCCCCCC(C)CC)OC(=O)CCCCCCCCCCCCCCCCCC(C)C. The number of phosphoric acid groups is 2. The predicted octanol–water partition coefficient (Wildman–Crippen LogP) is 20.6. The third-order valence-electron chi connectivity index (χ3n) is 17.0. The van der Waals surface area contributed by atoms with E-state index in [9.17, 15) is 43.2 Å². The molecular weight excluding hydrogens is 1200 g/mol. The van der Waals surface area contributed by atoms with Crippen molar-refractivity contribution in [1.29, 1.82) is 0 Å². The summed E-state index contributed by atoms with van der Waals surface area (Å²) in [5, 5.41) is 10.6. The number of hydrogen-bond acceptors (Lipinski definition) is 15. The fourth-order valence-corrected chi connectivity index (χ4v) is 12.4. The molecule has 0 amide bonds. The smallest absolute Gasteiger partial charge is 0.462 e. The number of esters is 4. The molecule has 3 unspecified atom stereocenters. The van der Waals surface area contributed by atoms with Gasteiger partial charge in [0.2, 0.25) is 0 Å². The van der Waals surface area contributed by atoms with Gasteiger partial charge in [0.1, 0.15) is 19.3 Å². The van der Waals surface area contributed by atoms with Crippen LogP contribution < -0.4 is 0 Å². The molecule has 0 saturated heterocycles. The number of rotatable bonds is 70. The molecule has 19 heteroatoms. The minimum absolute atomic E-state index is 0.105. The lowest BCUT2D eigenvalue weighted by Crippen LogP contribution is -2.30. The van der Waals surface area contributed by atoms with Crippen molar-refractivity contribution < 1.29 is 80.2 Å². The molecule has 0 aromatic carbocycles. The largest absolute Gasteiger partial charge is 0.472 e. The highest BCUT2D eigenvalue weighted by atomic mass is 31.2. The maximum absolute atomic E-state index is 13.0. The van der Waals surface area contributed by atoms with E-state index in [4.69, 9.17) is 37.0 Å². The highest BCUT2D eigenvalue weighted by Crippen LogP contribution is 2.45. The number of hydrogen-bond donors (Lipinski definition) is 3. The highest BCUT2D eigenvalue weighted by Gasteiger charge is 2.30. The Morgan fingerprint density at radius 2 is 0.560 bits per heavy atom. The molecule has 0 bridgehead atoms. The van der Waals surface area contributed by atoms with E-state index >= 15 is 0 Å². The Morgan fingerprint density at radius 3 is 0.835 bits per heavy atom. The molecule has 0 saturated carbocycles. The van der Waals surface area contributed by atoms with E-state index < -0.39 is 97.5 Å². The van der Waals surface area contributed by atoms with Crippen molar-refractivity contribution >= 4 is 39.5 Å². The maximum atomic E-state index is 13.0. The Bertz CT molecular complexity index is 1790. The summed E-state index contributed by atoms with van der Waals surface area (Å²) < 4.78 is 68.3. The maximum Gasteiger partial charge on any atom is 0.472 e. The molecule has 0 aliphatic carbocycles. The Hall–Kier alpha value is -1.94. The molecule has 91 heavy (non-hydrogen) atoms. The first-order valence-electron chi connectivity index (χ1n) is 37.4. The third-order valence-corrected chi connectivity index (χ3v) is 18.9. The standard InChI is InChI=1S/C72H140O17P2/c1-8-10-11-12-13-14-26-32-41-48-55-71(76)89-68(60-83-70(75)54-47-40-35-34-37-44-51-64(5)6)62-87-91(80,81)85-58-66(73)57-84-90(78,79)86-61-67(59-82-69(74)53-46-39-31-27-23-22-25-30-38-45-52-65(7)9-2)88-72(77)56-49-42-33-28-21-19-17-15-16-18-20-24-29-36-43-50-63(3)4/h63-68,73H,8-62H2,1-7H3,(H,78,79)(H,80,81)/t65?,66-,67-,68-/m1/s1. The van der Waals surface area contributed by atoms with Gasteiger partial charge in [-0.25, -0.2) is 9.13 Å². The quantitative estimate of drug-likeness (QED) is 0.0222. The number of aliphatic hydroxyl groups is 1. The average molecular weight is 1340 g/mol. The molecule has 0 aromatic heterocycles. The van der Waals surface area contributed by atoms with Crippen LogP contribution >= 0.6 is 15.6 Å². The van der Waals surface area contributed by atoms with Crippen LogP contribution in [0, 0.1) is 17.8 Å². The average Bonchev–Trinajstić information content (AvgIpc) is 3.35. The summed E-state index contributed by atoms with van der Waals surface area (Å²) in [4.78, 5) is 72.5. The van der Waals surface area contributed by atoms with Crippen molar-refractivity contribution in [3.63, 3.8) is 0 Å². The summed E-state index contributed by atoms with van der Waals surface area (Å²) in [7, 11) is -9.90. The first kappa shape index (κ1) is 89.1. The Morgan fingerprint density at radius 1 is 0.319 bits per heavy atom. The lowest BCUT2D eigenvalue weighted by Gasteiger charge is -2.21. The van der Waals surface area contributed by atoms with Crippen molar-refractivity contribution in [1.82, 2.24) is 0 Å². The molecule has 0 spiro atoms. The van der Waals surface area contributed by atoms with Crippen LogP contribution in [0.3, 0.4) is 0 Å². The highest BCUT2D eigenvalue weighted by molar-refractivity contribution is 7.47. The van der Waals surface area contributed by atoms with Gasteiger partial charge in [0, 0.05) is 25.7 Å². The van der Waals surface area contributed by atoms with Crippen molar-refractivity contribution in [3.05, 3.63) is 0 Å². The molecule has 0 aliphatic rings. The first-order chi connectivity index (χ1) is 43.8. The monoisotopic (exact) mass is 1340 g/mol. The number of carbonyl (C=O) groups excluding carboxylic acids is 4. The van der Waals surface area contributed by atoms with Crippen LogP contribution in [0.5, 0.6) is 0 Å². The number of phosphoric ester groups is 2. The van der Waals surface area contributed by atoms with Crippen LogP contribution in [0.4, 0.5) is 0 Å². The van der Waals surface area contributed by atoms with Gasteiger partial charge in [-0.05, 0) is 43.4 Å². The van der Waals surface area contributed by atoms with Crippen LogP contribution in [0.25, 0.3) is 0 Å². The van der Waals surface area contributed by atoms with E-state index in [0.29, 0.717) is 31.6 Å². The molecule has 540 valence electrons. The molecule has 0 rings (SSSR count). The van der Waals surface area contributed by atoms with E-state index in [-0.39, 0.29) is 25.7 Å². The van der Waals surface area contributed by atoms with Crippen LogP contribution in [0.1, 0.15) is 363 Å². The molecular formula is C72H140O17P2. The molecule has 0 radical (unpaired) electrons. The van der Waals surface area contributed by atoms with Crippen molar-refractivity contribution in [3.8, 4) is 0 Å². The van der Waals surface area contributed by atoms with E-state index in [0.717, 1.165) is 108 Å². The summed E-state index contributed by atoms with van der Waals surface area (Å²) in [5.41, 5.74) is 0. The van der Waals surface area contributed by atoms with Crippen LogP contribution in [0.15, 0.2) is 0 Å². The van der Waals surface area contributed by atoms with Gasteiger partial charge in [-0.2, -0.15) is 0 Å². The van der Waals surface area contributed by atoms with Gasteiger partial charge in [-0.3, -0.25) is 37.3 Å². The zero-order valence-corrected chi connectivity index (χ0v) is 61.1. The summed E-state index contributed by atoms with van der Waals surface area (Å²) >= 11 is 0. The van der Waals surface area contributed by atoms with Gasteiger partial charge in [-0.1, -0.05) is 312 Å². The van der Waals surface area contributed by atoms with Crippen LogP contribution in [0.2, 0.25) is 0 Å². The number of ether oxygens (including phenoxy) is 4. The predicted molar refractivity (Wildman–Crippen MR) is 368 cm³/mol. The topological polar surface area (TPSA) is 237 Å². The Kier molecular flexibility index (Phi) is 61.5. The lowest BCUT2D eigenvalue weighted by molar-refractivity contribution is -0.161. The van der Waals surface area contributed by atoms with E-state index in [2.05, 4.69) is 48.5 Å². The number of aliphatic hydroxyl groups excluding tert-OH is 1. The molecule has 17 nitrogen and oxygen atoms in total. The summed E-state index contributed by atoms with van der Waals surface area (Å²) in [6, 6.07) is 0. The van der Waals surface area contributed by atoms with Gasteiger partial charge in [0.05, 0.1) is 26.4 Å². The van der Waals surface area contributed by atoms with Crippen molar-refractivity contribution in [2.75, 3.05) is 39.6 Å². The zero-order chi connectivity index (χ0) is 67.3. The van der Waals surface area contributed by atoms with E-state index in [1.54, 1.807) is 0 Å². The third kappa shape index (κ3) is 65.1. The molecule has 0 aromatic rings. The summed E-state index contributed by atoms with van der Waals surface area (Å²) in [5.74, 6) is 0.167. The molecule has 0 heterocycles. The molecule has 3 N–H and O–H groups in total. The fourth-order valence-electron chi connectivity index (χ4n) is 10.9.